The highest BCUT2D eigenvalue weighted by Crippen LogP contribution is 2.30. The quantitative estimate of drug-likeness (QED) is 0.601. The van der Waals surface area contributed by atoms with Gasteiger partial charge in [-0.2, -0.15) is 0 Å². The largest absolute Gasteiger partial charge is 0.411 e. The van der Waals surface area contributed by atoms with Gasteiger partial charge in [0, 0.05) is 36.4 Å². The lowest BCUT2D eigenvalue weighted by Crippen LogP contribution is -2.50. The molecule has 1 aliphatic heterocycles. The SMILES string of the molecule is CCN(CC)c1ccc(-c2nnc(S[C@H](C)C(=O)N3[C@@H](C)CCC[C@@H]3C)o2)cc1. The molecule has 0 N–H and O–H groups in total. The van der Waals surface area contributed by atoms with E-state index in [1.807, 2.05) is 24.0 Å². The van der Waals surface area contributed by atoms with Gasteiger partial charge in [0.1, 0.15) is 0 Å². The van der Waals surface area contributed by atoms with Crippen molar-refractivity contribution < 1.29 is 9.21 Å². The predicted octanol–water partition coefficient (Wildman–Crippen LogP) is 4.85. The molecule has 1 amide bonds. The van der Waals surface area contributed by atoms with Gasteiger partial charge >= 0.3 is 0 Å². The van der Waals surface area contributed by atoms with Gasteiger partial charge < -0.3 is 14.2 Å². The maximum absolute atomic E-state index is 13.0. The van der Waals surface area contributed by atoms with E-state index in [1.54, 1.807) is 0 Å². The molecule has 2 aromatic rings. The number of aromatic nitrogens is 2. The fraction of sp³-hybridized carbons (Fsp3) is 0.591. The molecule has 1 aromatic carbocycles. The van der Waals surface area contributed by atoms with Gasteiger partial charge in [-0.05, 0) is 78.1 Å². The van der Waals surface area contributed by atoms with Gasteiger partial charge in [0.2, 0.25) is 11.8 Å². The average molecular weight is 417 g/mol. The van der Waals surface area contributed by atoms with Gasteiger partial charge in [-0.1, -0.05) is 11.8 Å². The van der Waals surface area contributed by atoms with E-state index in [1.165, 1.54) is 23.9 Å². The summed E-state index contributed by atoms with van der Waals surface area (Å²) in [6.45, 7) is 12.4. The fourth-order valence-electron chi connectivity index (χ4n) is 4.04. The predicted molar refractivity (Wildman–Crippen MR) is 118 cm³/mol. The number of amides is 1. The molecule has 0 unspecified atom stereocenters. The molecule has 1 aliphatic rings. The van der Waals surface area contributed by atoms with E-state index in [4.69, 9.17) is 4.42 Å². The molecule has 3 atom stereocenters. The molecule has 29 heavy (non-hydrogen) atoms. The highest BCUT2D eigenvalue weighted by atomic mass is 32.2. The lowest BCUT2D eigenvalue weighted by Gasteiger charge is -2.40. The normalized spacial score (nSPS) is 20.5. The monoisotopic (exact) mass is 416 g/mol. The second-order valence-electron chi connectivity index (χ2n) is 7.73. The number of carbonyl (C=O) groups excluding carboxylic acids is 1. The Hall–Kier alpha value is -2.02. The first-order chi connectivity index (χ1) is 13.9. The molecule has 0 bridgehead atoms. The molecule has 158 valence electrons. The minimum absolute atomic E-state index is 0.151. The zero-order valence-electron chi connectivity index (χ0n) is 18.1. The molecule has 7 heteroatoms. The van der Waals surface area contributed by atoms with Crippen LogP contribution in [0.4, 0.5) is 5.69 Å². The number of likely N-dealkylation sites (tertiary alicyclic amines) is 1. The van der Waals surface area contributed by atoms with Crippen LogP contribution in [0.3, 0.4) is 0 Å². The van der Waals surface area contributed by atoms with Crippen LogP contribution in [0, 0.1) is 0 Å². The van der Waals surface area contributed by atoms with Crippen LogP contribution in [0.15, 0.2) is 33.9 Å². The number of hydrogen-bond donors (Lipinski definition) is 0. The lowest BCUT2D eigenvalue weighted by atomic mass is 9.97. The first-order valence-corrected chi connectivity index (χ1v) is 11.5. The molecule has 0 saturated carbocycles. The van der Waals surface area contributed by atoms with Crippen LogP contribution in [0.1, 0.15) is 53.9 Å². The standard InChI is InChI=1S/C22H32N4O2S/c1-6-25(7-2)19-13-11-18(12-14-19)20-23-24-22(28-20)29-17(5)21(27)26-15(3)9-8-10-16(26)4/h11-17H,6-10H2,1-5H3/t15-,16-,17+/m0/s1. The van der Waals surface area contributed by atoms with E-state index in [-0.39, 0.29) is 23.2 Å². The van der Waals surface area contributed by atoms with E-state index >= 15 is 0 Å². The first kappa shape index (κ1) is 21.7. The summed E-state index contributed by atoms with van der Waals surface area (Å²) in [5.74, 6) is 0.635. The molecule has 1 fully saturated rings. The summed E-state index contributed by atoms with van der Waals surface area (Å²) in [6.07, 6.45) is 3.33. The second kappa shape index (κ2) is 9.65. The fourth-order valence-corrected chi connectivity index (χ4v) is 4.78. The van der Waals surface area contributed by atoms with Crippen molar-refractivity contribution in [2.24, 2.45) is 0 Å². The van der Waals surface area contributed by atoms with Gasteiger partial charge in [-0.15, -0.1) is 10.2 Å². The highest BCUT2D eigenvalue weighted by molar-refractivity contribution is 8.00. The van der Waals surface area contributed by atoms with E-state index in [0.29, 0.717) is 11.1 Å². The first-order valence-electron chi connectivity index (χ1n) is 10.6. The third-order valence-corrected chi connectivity index (χ3v) is 6.64. The molecular formula is C22H32N4O2S. The van der Waals surface area contributed by atoms with Gasteiger partial charge in [-0.3, -0.25) is 4.79 Å². The van der Waals surface area contributed by atoms with Crippen molar-refractivity contribution in [1.29, 1.82) is 0 Å². The van der Waals surface area contributed by atoms with Crippen LogP contribution in [0.25, 0.3) is 11.5 Å². The number of hydrogen-bond acceptors (Lipinski definition) is 6. The number of rotatable bonds is 7. The second-order valence-corrected chi connectivity index (χ2v) is 9.02. The number of anilines is 1. The number of benzene rings is 1. The summed E-state index contributed by atoms with van der Waals surface area (Å²) in [5.41, 5.74) is 2.06. The average Bonchev–Trinajstić information content (AvgIpc) is 3.17. The number of nitrogens with zero attached hydrogens (tertiary/aromatic N) is 4. The van der Waals surface area contributed by atoms with E-state index in [2.05, 4.69) is 54.9 Å². The summed E-state index contributed by atoms with van der Waals surface area (Å²) < 4.78 is 5.84. The number of piperidine rings is 1. The van der Waals surface area contributed by atoms with Crippen molar-refractivity contribution >= 4 is 23.4 Å². The van der Waals surface area contributed by atoms with Crippen LogP contribution >= 0.6 is 11.8 Å². The van der Waals surface area contributed by atoms with Crippen molar-refractivity contribution in [2.45, 2.75) is 76.4 Å². The topological polar surface area (TPSA) is 62.5 Å². The molecule has 0 aliphatic carbocycles. The summed E-state index contributed by atoms with van der Waals surface area (Å²) in [4.78, 5) is 17.3. The van der Waals surface area contributed by atoms with Crippen LogP contribution in [0.5, 0.6) is 0 Å². The number of carbonyl (C=O) groups is 1. The Morgan fingerprint density at radius 1 is 1.17 bits per heavy atom. The summed E-state index contributed by atoms with van der Waals surface area (Å²) in [6, 6.07) is 8.73. The van der Waals surface area contributed by atoms with E-state index in [9.17, 15) is 4.79 Å². The third kappa shape index (κ3) is 4.94. The van der Waals surface area contributed by atoms with Gasteiger partial charge in [-0.25, -0.2) is 0 Å². The maximum atomic E-state index is 13.0. The van der Waals surface area contributed by atoms with Crippen LogP contribution in [0.2, 0.25) is 0 Å². The van der Waals surface area contributed by atoms with E-state index in [0.717, 1.165) is 31.5 Å². The Kier molecular flexibility index (Phi) is 7.22. The van der Waals surface area contributed by atoms with Crippen LogP contribution in [-0.2, 0) is 4.79 Å². The molecule has 1 aromatic heterocycles. The van der Waals surface area contributed by atoms with E-state index < -0.39 is 0 Å². The Morgan fingerprint density at radius 2 is 1.79 bits per heavy atom. The molecule has 0 spiro atoms. The van der Waals surface area contributed by atoms with Gasteiger partial charge in [0.25, 0.3) is 5.22 Å². The maximum Gasteiger partial charge on any atom is 0.277 e. The van der Waals surface area contributed by atoms with Crippen LogP contribution in [-0.4, -0.2) is 51.4 Å². The Bertz CT molecular complexity index is 793. The third-order valence-electron chi connectivity index (χ3n) is 5.72. The Balaban J connectivity index is 1.66. The van der Waals surface area contributed by atoms with Crippen LogP contribution < -0.4 is 4.90 Å². The summed E-state index contributed by atoms with van der Waals surface area (Å²) >= 11 is 1.34. The van der Waals surface area contributed by atoms with Crippen molar-refractivity contribution in [3.63, 3.8) is 0 Å². The molecular weight excluding hydrogens is 384 g/mol. The van der Waals surface area contributed by atoms with Gasteiger partial charge in [0.05, 0.1) is 5.25 Å². The zero-order valence-corrected chi connectivity index (χ0v) is 18.9. The molecule has 1 saturated heterocycles. The van der Waals surface area contributed by atoms with Crippen molar-refractivity contribution in [1.82, 2.24) is 15.1 Å². The Labute approximate surface area is 178 Å². The highest BCUT2D eigenvalue weighted by Gasteiger charge is 2.32. The Morgan fingerprint density at radius 3 is 2.38 bits per heavy atom. The minimum Gasteiger partial charge on any atom is -0.411 e. The molecule has 0 radical (unpaired) electrons. The number of thioether (sulfide) groups is 1. The lowest BCUT2D eigenvalue weighted by molar-refractivity contribution is -0.136. The van der Waals surface area contributed by atoms with Gasteiger partial charge in [0.15, 0.2) is 0 Å². The minimum atomic E-state index is -0.253. The summed E-state index contributed by atoms with van der Waals surface area (Å²) in [5, 5.41) is 8.52. The molecule has 2 heterocycles. The van der Waals surface area contributed by atoms with Crippen molar-refractivity contribution in [2.75, 3.05) is 18.0 Å². The van der Waals surface area contributed by atoms with Crippen molar-refractivity contribution in [3.8, 4) is 11.5 Å². The smallest absolute Gasteiger partial charge is 0.277 e. The molecule has 3 rings (SSSR count). The van der Waals surface area contributed by atoms with Crippen molar-refractivity contribution in [3.05, 3.63) is 24.3 Å². The summed E-state index contributed by atoms with van der Waals surface area (Å²) in [7, 11) is 0. The molecule has 6 nitrogen and oxygen atoms in total. The zero-order chi connectivity index (χ0) is 21.0.